The van der Waals surface area contributed by atoms with Gasteiger partial charge in [0.05, 0.1) is 18.0 Å². The number of phenols is 1. The number of aliphatic hydroxyl groups excluding tert-OH is 1. The highest BCUT2D eigenvalue weighted by molar-refractivity contribution is 7.92. The summed E-state index contributed by atoms with van der Waals surface area (Å²) in [5.41, 5.74) is 4.50. The third-order valence-corrected chi connectivity index (χ3v) is 6.26. The number of phenolic OH excluding ortho intramolecular Hbond substituents is 1. The van der Waals surface area contributed by atoms with Gasteiger partial charge in [-0.1, -0.05) is 36.4 Å². The highest BCUT2D eigenvalue weighted by Gasteiger charge is 2.13. The number of benzene rings is 3. The van der Waals surface area contributed by atoms with Gasteiger partial charge < -0.3 is 25.4 Å². The van der Waals surface area contributed by atoms with Crippen LogP contribution in [0.1, 0.15) is 29.2 Å². The van der Waals surface area contributed by atoms with Crippen LogP contribution in [0.25, 0.3) is 11.1 Å². The lowest BCUT2D eigenvalue weighted by Crippen LogP contribution is -2.26. The lowest BCUT2D eigenvalue weighted by atomic mass is 10.0. The molecule has 0 aliphatic rings. The van der Waals surface area contributed by atoms with Crippen molar-refractivity contribution in [2.75, 3.05) is 30.7 Å². The van der Waals surface area contributed by atoms with Crippen LogP contribution in [0.4, 0.5) is 5.69 Å². The van der Waals surface area contributed by atoms with Gasteiger partial charge in [-0.15, -0.1) is 0 Å². The Balaban J connectivity index is 1.47. The average Bonchev–Trinajstić information content (AvgIpc) is 2.84. The molecule has 0 amide bonds. The second-order valence-electron chi connectivity index (χ2n) is 8.79. The van der Waals surface area contributed by atoms with Crippen LogP contribution in [0.3, 0.4) is 0 Å². The Morgan fingerprint density at radius 2 is 1.73 bits per heavy atom. The maximum atomic E-state index is 11.4. The number of aromatic hydroxyl groups is 1. The zero-order valence-electron chi connectivity index (χ0n) is 20.8. The summed E-state index contributed by atoms with van der Waals surface area (Å²) in [6.45, 7) is 3.03. The number of aliphatic carboxylic acids is 1. The first-order valence-electron chi connectivity index (χ1n) is 11.8. The third kappa shape index (κ3) is 8.78. The molecule has 0 spiro atoms. The molecule has 3 aromatic rings. The molecule has 0 heterocycles. The Hall–Kier alpha value is -3.60. The molecule has 0 saturated heterocycles. The largest absolute Gasteiger partial charge is 0.506 e. The molecule has 9 nitrogen and oxygen atoms in total. The summed E-state index contributed by atoms with van der Waals surface area (Å²) in [6.07, 6.45) is 0.690. The summed E-state index contributed by atoms with van der Waals surface area (Å²) < 4.78 is 31.0. The molecule has 0 aliphatic carbocycles. The molecular weight excluding hydrogens is 496 g/mol. The number of carboxylic acid groups (broad SMARTS) is 1. The Morgan fingerprint density at radius 3 is 2.38 bits per heavy atom. The summed E-state index contributed by atoms with van der Waals surface area (Å²) >= 11 is 0. The molecule has 0 radical (unpaired) electrons. The van der Waals surface area contributed by atoms with Gasteiger partial charge >= 0.3 is 5.97 Å². The molecule has 3 rings (SSSR count). The first-order chi connectivity index (χ1) is 17.5. The van der Waals surface area contributed by atoms with Gasteiger partial charge in [-0.05, 0) is 65.4 Å². The van der Waals surface area contributed by atoms with Crippen LogP contribution in [0, 0.1) is 6.92 Å². The minimum absolute atomic E-state index is 0.00966. The van der Waals surface area contributed by atoms with Gasteiger partial charge in [0.15, 0.2) is 0 Å². The quantitative estimate of drug-likeness (QED) is 0.168. The van der Waals surface area contributed by atoms with Crippen molar-refractivity contribution in [3.05, 3.63) is 77.4 Å². The summed E-state index contributed by atoms with van der Waals surface area (Å²) in [5, 5.41) is 32.2. The smallest absolute Gasteiger partial charge is 0.303 e. The molecule has 0 unspecified atom stereocenters. The van der Waals surface area contributed by atoms with Crippen molar-refractivity contribution in [3.63, 3.8) is 0 Å². The molecule has 0 aromatic heterocycles. The topological polar surface area (TPSA) is 145 Å². The van der Waals surface area contributed by atoms with Crippen LogP contribution in [-0.4, -0.2) is 55.7 Å². The molecule has 10 heteroatoms. The van der Waals surface area contributed by atoms with Crippen molar-refractivity contribution in [2.45, 2.75) is 25.9 Å². The van der Waals surface area contributed by atoms with E-state index in [4.69, 9.17) is 9.84 Å². The lowest BCUT2D eigenvalue weighted by Gasteiger charge is -2.15. The number of aliphatic hydroxyl groups is 1. The normalized spacial score (nSPS) is 12.2. The van der Waals surface area contributed by atoms with Gasteiger partial charge in [0.1, 0.15) is 18.1 Å². The van der Waals surface area contributed by atoms with Crippen molar-refractivity contribution >= 4 is 21.7 Å². The lowest BCUT2D eigenvalue weighted by molar-refractivity contribution is -0.136. The summed E-state index contributed by atoms with van der Waals surface area (Å²) in [7, 11) is -3.56. The number of hydrogen-bond donors (Lipinski definition) is 5. The van der Waals surface area contributed by atoms with Crippen LogP contribution in [-0.2, 0) is 21.2 Å². The fraction of sp³-hybridized carbons (Fsp3) is 0.296. The van der Waals surface area contributed by atoms with Crippen molar-refractivity contribution < 1.29 is 33.3 Å². The standard InChI is InChI=1S/C27H32N2O7S/c1-18-15-21(20-6-3-19(4-7-20)5-12-27(32)33)9-11-26(18)36-14-13-28-17-25(31)22-8-10-24(30)23(16-22)29-37(2,34)35/h3-4,6-11,15-16,25,28-31H,5,12-14,17H2,1-2H3,(H,32,33)/t25-/m0/s1. The molecular formula is C27H32N2O7S. The van der Waals surface area contributed by atoms with Crippen molar-refractivity contribution in [1.82, 2.24) is 5.32 Å². The van der Waals surface area contributed by atoms with Gasteiger partial charge in [0, 0.05) is 19.5 Å². The minimum atomic E-state index is -3.56. The molecule has 1 atom stereocenters. The molecule has 37 heavy (non-hydrogen) atoms. The van der Waals surface area contributed by atoms with E-state index in [-0.39, 0.29) is 24.4 Å². The van der Waals surface area contributed by atoms with Crippen LogP contribution in [0.2, 0.25) is 0 Å². The highest BCUT2D eigenvalue weighted by Crippen LogP contribution is 2.28. The second kappa shape index (κ2) is 12.6. The number of anilines is 1. The monoisotopic (exact) mass is 528 g/mol. The summed E-state index contributed by atoms with van der Waals surface area (Å²) in [6, 6.07) is 18.0. The fourth-order valence-corrected chi connectivity index (χ4v) is 4.30. The van der Waals surface area contributed by atoms with Gasteiger partial charge in [-0.3, -0.25) is 9.52 Å². The number of carboxylic acids is 1. The average molecular weight is 529 g/mol. The van der Waals surface area contributed by atoms with Crippen LogP contribution in [0.5, 0.6) is 11.5 Å². The van der Waals surface area contributed by atoms with E-state index in [0.29, 0.717) is 25.1 Å². The number of hydrogen-bond acceptors (Lipinski definition) is 7. The van der Waals surface area contributed by atoms with E-state index in [1.54, 1.807) is 0 Å². The van der Waals surface area contributed by atoms with Crippen LogP contribution < -0.4 is 14.8 Å². The Bertz CT molecular complexity index is 1330. The van der Waals surface area contributed by atoms with E-state index in [1.165, 1.54) is 18.2 Å². The predicted octanol–water partition coefficient (Wildman–Crippen LogP) is 3.46. The molecule has 0 bridgehead atoms. The fourth-order valence-electron chi connectivity index (χ4n) is 3.74. The maximum absolute atomic E-state index is 11.4. The Kier molecular flexibility index (Phi) is 9.51. The molecule has 0 saturated carbocycles. The van der Waals surface area contributed by atoms with E-state index >= 15 is 0 Å². The SMILES string of the molecule is Cc1cc(-c2ccc(CCC(=O)O)cc2)ccc1OCCNC[C@H](O)c1ccc(O)c(NS(C)(=O)=O)c1. The number of ether oxygens (including phenoxy) is 1. The van der Waals surface area contributed by atoms with Crippen molar-refractivity contribution in [1.29, 1.82) is 0 Å². The minimum Gasteiger partial charge on any atom is -0.506 e. The predicted molar refractivity (Wildman–Crippen MR) is 142 cm³/mol. The molecule has 5 N–H and O–H groups in total. The number of aryl methyl sites for hydroxylation is 2. The maximum Gasteiger partial charge on any atom is 0.303 e. The van der Waals surface area contributed by atoms with Crippen molar-refractivity contribution in [3.8, 4) is 22.6 Å². The number of carbonyl (C=O) groups is 1. The Labute approximate surface area is 216 Å². The van der Waals surface area contributed by atoms with Crippen molar-refractivity contribution in [2.24, 2.45) is 0 Å². The third-order valence-electron chi connectivity index (χ3n) is 5.66. The zero-order chi connectivity index (χ0) is 27.0. The molecule has 0 aliphatic heterocycles. The van der Waals surface area contributed by atoms with Crippen LogP contribution in [0.15, 0.2) is 60.7 Å². The number of nitrogens with one attached hydrogen (secondary N) is 2. The van der Waals surface area contributed by atoms with E-state index in [9.17, 15) is 23.4 Å². The number of rotatable bonds is 13. The van der Waals surface area contributed by atoms with Crippen LogP contribution >= 0.6 is 0 Å². The molecule has 0 fully saturated rings. The summed E-state index contributed by atoms with van der Waals surface area (Å²) in [5.74, 6) is -0.284. The molecule has 198 valence electrons. The Morgan fingerprint density at radius 1 is 1.03 bits per heavy atom. The van der Waals surface area contributed by atoms with Gasteiger partial charge in [0.2, 0.25) is 10.0 Å². The van der Waals surface area contributed by atoms with Gasteiger partial charge in [-0.25, -0.2) is 8.42 Å². The van der Waals surface area contributed by atoms with E-state index in [2.05, 4.69) is 10.0 Å². The first-order valence-corrected chi connectivity index (χ1v) is 13.6. The first kappa shape index (κ1) is 28.0. The summed E-state index contributed by atoms with van der Waals surface area (Å²) in [4.78, 5) is 10.7. The second-order valence-corrected chi connectivity index (χ2v) is 10.5. The number of sulfonamides is 1. The highest BCUT2D eigenvalue weighted by atomic mass is 32.2. The molecule has 3 aromatic carbocycles. The van der Waals surface area contributed by atoms with E-state index in [0.717, 1.165) is 34.3 Å². The zero-order valence-corrected chi connectivity index (χ0v) is 21.6. The van der Waals surface area contributed by atoms with Gasteiger partial charge in [0.25, 0.3) is 0 Å². The van der Waals surface area contributed by atoms with E-state index in [1.807, 2.05) is 49.4 Å². The van der Waals surface area contributed by atoms with Gasteiger partial charge in [-0.2, -0.15) is 0 Å². The van der Waals surface area contributed by atoms with E-state index < -0.39 is 22.1 Å².